The van der Waals surface area contributed by atoms with Crippen molar-refractivity contribution in [3.63, 3.8) is 0 Å². The standard InChI is InChI=1S/C30H53NO2/c1-19(2)10-9-14-30(8,33)20-11-16-29(7)25(20)21(32)18-23-27(5)15-13-24(31)26(3,4)22(27)12-17-28(23,29)6/h10,20-25,32-33H,9,11-18,31H2,1-8H3/t20?,21-,22?,23?,24?,25?,27+,28-,29-,30?/m1/s1. The van der Waals surface area contributed by atoms with Crippen LogP contribution in [0.15, 0.2) is 11.6 Å². The lowest BCUT2D eigenvalue weighted by atomic mass is 9.35. The van der Waals surface area contributed by atoms with Crippen molar-refractivity contribution >= 4 is 0 Å². The van der Waals surface area contributed by atoms with Crippen LogP contribution in [0, 0.1) is 45.3 Å². The quantitative estimate of drug-likeness (QED) is 0.422. The Morgan fingerprint density at radius 2 is 1.61 bits per heavy atom. The van der Waals surface area contributed by atoms with Crippen LogP contribution in [-0.4, -0.2) is 28.0 Å². The maximum atomic E-state index is 11.8. The minimum absolute atomic E-state index is 0.0815. The number of aliphatic hydroxyl groups excluding tert-OH is 1. The molecule has 4 aliphatic rings. The van der Waals surface area contributed by atoms with Crippen molar-refractivity contribution < 1.29 is 10.2 Å². The summed E-state index contributed by atoms with van der Waals surface area (Å²) in [5, 5.41) is 23.4. The summed E-state index contributed by atoms with van der Waals surface area (Å²) in [6, 6.07) is 0.281. The van der Waals surface area contributed by atoms with Crippen LogP contribution in [-0.2, 0) is 0 Å². The monoisotopic (exact) mass is 459 g/mol. The summed E-state index contributed by atoms with van der Waals surface area (Å²) in [5.74, 6) is 1.53. The number of rotatable bonds is 4. The van der Waals surface area contributed by atoms with E-state index in [1.807, 2.05) is 6.92 Å². The zero-order valence-electron chi connectivity index (χ0n) is 22.9. The fourth-order valence-corrected chi connectivity index (χ4v) is 10.3. The number of aliphatic hydroxyl groups is 2. The van der Waals surface area contributed by atoms with Gasteiger partial charge in [-0.15, -0.1) is 0 Å². The summed E-state index contributed by atoms with van der Waals surface area (Å²) in [4.78, 5) is 0. The molecule has 190 valence electrons. The van der Waals surface area contributed by atoms with Crippen LogP contribution >= 0.6 is 0 Å². The molecule has 4 aliphatic carbocycles. The fraction of sp³-hybridized carbons (Fsp3) is 0.933. The predicted molar refractivity (Wildman–Crippen MR) is 138 cm³/mol. The third kappa shape index (κ3) is 3.61. The second-order valence-corrected chi connectivity index (χ2v) is 14.6. The Labute approximate surface area is 204 Å². The summed E-state index contributed by atoms with van der Waals surface area (Å²) < 4.78 is 0. The predicted octanol–water partition coefficient (Wildman–Crippen LogP) is 6.47. The molecule has 4 N–H and O–H groups in total. The largest absolute Gasteiger partial charge is 0.393 e. The summed E-state index contributed by atoms with van der Waals surface area (Å²) in [5.41, 5.74) is 7.95. The fourth-order valence-electron chi connectivity index (χ4n) is 10.3. The molecule has 6 unspecified atom stereocenters. The lowest BCUT2D eigenvalue weighted by Crippen LogP contribution is -2.67. The highest BCUT2D eigenvalue weighted by atomic mass is 16.3. The number of hydrogen-bond donors (Lipinski definition) is 3. The summed E-state index contributed by atoms with van der Waals surface area (Å²) in [7, 11) is 0. The summed E-state index contributed by atoms with van der Waals surface area (Å²) in [6.45, 7) is 18.7. The molecule has 10 atom stereocenters. The topological polar surface area (TPSA) is 66.5 Å². The molecular formula is C30H53NO2. The van der Waals surface area contributed by atoms with Crippen LogP contribution in [0.5, 0.6) is 0 Å². The van der Waals surface area contributed by atoms with E-state index in [4.69, 9.17) is 5.73 Å². The molecule has 0 spiro atoms. The van der Waals surface area contributed by atoms with Gasteiger partial charge >= 0.3 is 0 Å². The Bertz CT molecular complexity index is 782. The molecule has 3 nitrogen and oxygen atoms in total. The SMILES string of the molecule is CC(C)=CCCC(C)(O)C1CC[C@]2(C)C1[C@H](O)CC1[C@@]3(C)CCC(N)C(C)(C)C3CC[C@]12C. The highest BCUT2D eigenvalue weighted by Gasteiger charge is 2.71. The van der Waals surface area contributed by atoms with Gasteiger partial charge in [-0.25, -0.2) is 0 Å². The molecule has 0 aromatic rings. The van der Waals surface area contributed by atoms with E-state index < -0.39 is 5.60 Å². The first-order valence-corrected chi connectivity index (χ1v) is 13.9. The maximum Gasteiger partial charge on any atom is 0.0654 e. The van der Waals surface area contributed by atoms with Crippen molar-refractivity contribution in [2.45, 2.75) is 131 Å². The van der Waals surface area contributed by atoms with Gasteiger partial charge in [0.1, 0.15) is 0 Å². The lowest BCUT2D eigenvalue weighted by Gasteiger charge is -2.70. The molecular weight excluding hydrogens is 406 g/mol. The van der Waals surface area contributed by atoms with E-state index in [1.54, 1.807) is 0 Å². The van der Waals surface area contributed by atoms with Crippen LogP contribution < -0.4 is 5.73 Å². The van der Waals surface area contributed by atoms with Gasteiger partial charge in [-0.05, 0) is 124 Å². The lowest BCUT2D eigenvalue weighted by molar-refractivity contribution is -0.236. The number of allylic oxidation sites excluding steroid dienone is 2. The number of hydrogen-bond acceptors (Lipinski definition) is 3. The Balaban J connectivity index is 1.66. The van der Waals surface area contributed by atoms with Crippen LogP contribution in [0.1, 0.15) is 113 Å². The average Bonchev–Trinajstić information content (AvgIpc) is 3.08. The molecule has 4 rings (SSSR count). The molecule has 33 heavy (non-hydrogen) atoms. The average molecular weight is 460 g/mol. The molecule has 0 amide bonds. The Morgan fingerprint density at radius 1 is 0.970 bits per heavy atom. The van der Waals surface area contributed by atoms with E-state index in [2.05, 4.69) is 54.5 Å². The summed E-state index contributed by atoms with van der Waals surface area (Å²) in [6.07, 6.45) is 11.5. The van der Waals surface area contributed by atoms with Crippen LogP contribution in [0.25, 0.3) is 0 Å². The van der Waals surface area contributed by atoms with Gasteiger partial charge in [0, 0.05) is 6.04 Å². The minimum Gasteiger partial charge on any atom is -0.393 e. The molecule has 0 radical (unpaired) electrons. The molecule has 3 heteroatoms. The zero-order chi connectivity index (χ0) is 24.6. The van der Waals surface area contributed by atoms with Gasteiger partial charge in [-0.3, -0.25) is 0 Å². The van der Waals surface area contributed by atoms with Gasteiger partial charge in [-0.2, -0.15) is 0 Å². The van der Waals surface area contributed by atoms with E-state index in [0.29, 0.717) is 11.8 Å². The van der Waals surface area contributed by atoms with Gasteiger partial charge in [0.05, 0.1) is 11.7 Å². The van der Waals surface area contributed by atoms with Crippen molar-refractivity contribution in [1.82, 2.24) is 0 Å². The zero-order valence-corrected chi connectivity index (χ0v) is 22.9. The van der Waals surface area contributed by atoms with Crippen molar-refractivity contribution in [3.05, 3.63) is 11.6 Å². The van der Waals surface area contributed by atoms with Crippen molar-refractivity contribution in [3.8, 4) is 0 Å². The van der Waals surface area contributed by atoms with Crippen LogP contribution in [0.4, 0.5) is 0 Å². The molecule has 4 saturated carbocycles. The molecule has 0 aliphatic heterocycles. The van der Waals surface area contributed by atoms with Crippen molar-refractivity contribution in [2.24, 2.45) is 51.1 Å². The Hall–Kier alpha value is -0.380. The smallest absolute Gasteiger partial charge is 0.0654 e. The first-order chi connectivity index (χ1) is 15.1. The maximum absolute atomic E-state index is 11.8. The highest BCUT2D eigenvalue weighted by molar-refractivity contribution is 5.20. The molecule has 0 saturated heterocycles. The first kappa shape index (κ1) is 25.7. The van der Waals surface area contributed by atoms with Gasteiger partial charge < -0.3 is 15.9 Å². The van der Waals surface area contributed by atoms with Crippen molar-refractivity contribution in [2.75, 3.05) is 0 Å². The normalized spacial score (nSPS) is 50.5. The molecule has 0 heterocycles. The van der Waals surface area contributed by atoms with Gasteiger partial charge in [-0.1, -0.05) is 46.3 Å². The molecule has 0 aromatic heterocycles. The summed E-state index contributed by atoms with van der Waals surface area (Å²) >= 11 is 0. The van der Waals surface area contributed by atoms with E-state index >= 15 is 0 Å². The molecule has 4 fully saturated rings. The molecule has 0 aromatic carbocycles. The number of nitrogens with two attached hydrogens (primary N) is 1. The van der Waals surface area contributed by atoms with E-state index in [0.717, 1.165) is 38.5 Å². The van der Waals surface area contributed by atoms with E-state index in [1.165, 1.54) is 24.8 Å². The minimum atomic E-state index is -0.723. The van der Waals surface area contributed by atoms with E-state index in [9.17, 15) is 10.2 Å². The van der Waals surface area contributed by atoms with Gasteiger partial charge in [0.25, 0.3) is 0 Å². The Morgan fingerprint density at radius 3 is 2.24 bits per heavy atom. The van der Waals surface area contributed by atoms with Gasteiger partial charge in [0.2, 0.25) is 0 Å². The van der Waals surface area contributed by atoms with E-state index in [-0.39, 0.29) is 45.6 Å². The second-order valence-electron chi connectivity index (χ2n) is 14.6. The Kier molecular flexibility index (Phi) is 6.28. The third-order valence-corrected chi connectivity index (χ3v) is 12.5. The van der Waals surface area contributed by atoms with Crippen LogP contribution in [0.3, 0.4) is 0 Å². The molecule has 0 bridgehead atoms. The number of fused-ring (bicyclic) bond motifs is 5. The second kappa shape index (κ2) is 8.07. The third-order valence-electron chi connectivity index (χ3n) is 12.5. The first-order valence-electron chi connectivity index (χ1n) is 13.9. The van der Waals surface area contributed by atoms with Crippen LogP contribution in [0.2, 0.25) is 0 Å². The van der Waals surface area contributed by atoms with Gasteiger partial charge in [0.15, 0.2) is 0 Å². The van der Waals surface area contributed by atoms with Crippen molar-refractivity contribution in [1.29, 1.82) is 0 Å². The highest BCUT2D eigenvalue weighted by Crippen LogP contribution is 2.75.